The molecule has 2 N–H and O–H groups in total. The van der Waals surface area contributed by atoms with Crippen molar-refractivity contribution >= 4 is 0 Å². The van der Waals surface area contributed by atoms with Gasteiger partial charge in [0.2, 0.25) is 0 Å². The predicted molar refractivity (Wildman–Crippen MR) is 72.7 cm³/mol. The van der Waals surface area contributed by atoms with E-state index in [1.807, 2.05) is 0 Å². The summed E-state index contributed by atoms with van der Waals surface area (Å²) in [6.45, 7) is 0. The van der Waals surface area contributed by atoms with E-state index in [2.05, 4.69) is 0 Å². The molecule has 0 aromatic carbocycles. The third-order valence-electron chi connectivity index (χ3n) is 5.79. The van der Waals surface area contributed by atoms with E-state index in [1.165, 1.54) is 70.6 Å². The maximum absolute atomic E-state index is 6.45. The average Bonchev–Trinajstić information content (AvgIpc) is 3.19. The fraction of sp³-hybridized carbons (Fsp3) is 1.00. The van der Waals surface area contributed by atoms with Crippen molar-refractivity contribution in [2.75, 3.05) is 0 Å². The summed E-state index contributed by atoms with van der Waals surface area (Å²) in [7, 11) is 0. The fourth-order valence-corrected chi connectivity index (χ4v) is 4.37. The van der Waals surface area contributed by atoms with Gasteiger partial charge in [0.1, 0.15) is 0 Å². The first-order valence-electron chi connectivity index (χ1n) is 8.08. The van der Waals surface area contributed by atoms with Crippen molar-refractivity contribution in [2.45, 2.75) is 76.7 Å². The summed E-state index contributed by atoms with van der Waals surface area (Å²) in [6.07, 6.45) is 16.1. The molecular formula is C16H29N. The second kappa shape index (κ2) is 5.30. The lowest BCUT2D eigenvalue weighted by Crippen LogP contribution is -2.37. The highest BCUT2D eigenvalue weighted by Crippen LogP contribution is 2.44. The van der Waals surface area contributed by atoms with Crippen molar-refractivity contribution in [3.8, 4) is 0 Å². The summed E-state index contributed by atoms with van der Waals surface area (Å²) < 4.78 is 0. The lowest BCUT2D eigenvalue weighted by molar-refractivity contribution is 0.115. The zero-order valence-corrected chi connectivity index (χ0v) is 11.2. The van der Waals surface area contributed by atoms with Gasteiger partial charge >= 0.3 is 0 Å². The summed E-state index contributed by atoms with van der Waals surface area (Å²) in [4.78, 5) is 0. The maximum atomic E-state index is 6.45. The molecular weight excluding hydrogens is 206 g/mol. The quantitative estimate of drug-likeness (QED) is 0.779. The Morgan fingerprint density at radius 1 is 0.882 bits per heavy atom. The van der Waals surface area contributed by atoms with Gasteiger partial charge in [-0.15, -0.1) is 0 Å². The molecule has 3 aliphatic rings. The van der Waals surface area contributed by atoms with Crippen LogP contribution >= 0.6 is 0 Å². The van der Waals surface area contributed by atoms with Crippen LogP contribution in [0.2, 0.25) is 0 Å². The van der Waals surface area contributed by atoms with Crippen LogP contribution in [-0.4, -0.2) is 6.04 Å². The van der Waals surface area contributed by atoms with E-state index in [1.54, 1.807) is 0 Å². The largest absolute Gasteiger partial charge is 0.327 e. The Bertz CT molecular complexity index is 246. The molecule has 3 saturated carbocycles. The number of fused-ring (bicyclic) bond motifs is 1. The van der Waals surface area contributed by atoms with Crippen molar-refractivity contribution < 1.29 is 0 Å². The van der Waals surface area contributed by atoms with E-state index in [9.17, 15) is 0 Å². The molecule has 0 aromatic rings. The van der Waals surface area contributed by atoms with E-state index in [0.29, 0.717) is 6.04 Å². The molecule has 17 heavy (non-hydrogen) atoms. The molecule has 98 valence electrons. The van der Waals surface area contributed by atoms with Crippen LogP contribution in [0.1, 0.15) is 70.6 Å². The van der Waals surface area contributed by atoms with Crippen LogP contribution in [0, 0.1) is 23.7 Å². The van der Waals surface area contributed by atoms with Crippen molar-refractivity contribution in [1.29, 1.82) is 0 Å². The van der Waals surface area contributed by atoms with Crippen molar-refractivity contribution in [3.63, 3.8) is 0 Å². The van der Waals surface area contributed by atoms with Gasteiger partial charge in [0.15, 0.2) is 0 Å². The van der Waals surface area contributed by atoms with Gasteiger partial charge in [-0.05, 0) is 55.8 Å². The molecule has 0 heterocycles. The summed E-state index contributed by atoms with van der Waals surface area (Å²) in [6, 6.07) is 0.526. The number of hydrogen-bond donors (Lipinski definition) is 1. The topological polar surface area (TPSA) is 26.0 Å². The van der Waals surface area contributed by atoms with E-state index in [4.69, 9.17) is 5.73 Å². The summed E-state index contributed by atoms with van der Waals surface area (Å²) in [5.74, 6) is 4.06. The zero-order chi connectivity index (χ0) is 11.7. The highest BCUT2D eigenvalue weighted by atomic mass is 14.7. The van der Waals surface area contributed by atoms with E-state index < -0.39 is 0 Å². The van der Waals surface area contributed by atoms with Gasteiger partial charge in [0, 0.05) is 6.04 Å². The minimum Gasteiger partial charge on any atom is -0.327 e. The van der Waals surface area contributed by atoms with Crippen molar-refractivity contribution in [2.24, 2.45) is 29.4 Å². The second-order valence-corrected chi connectivity index (χ2v) is 7.06. The Morgan fingerprint density at radius 2 is 1.65 bits per heavy atom. The molecule has 3 fully saturated rings. The number of nitrogens with two attached hydrogens (primary N) is 1. The Morgan fingerprint density at radius 3 is 2.41 bits per heavy atom. The number of rotatable bonds is 4. The van der Waals surface area contributed by atoms with Gasteiger partial charge in [0.05, 0.1) is 0 Å². The monoisotopic (exact) mass is 235 g/mol. The molecule has 4 unspecified atom stereocenters. The third-order valence-corrected chi connectivity index (χ3v) is 5.79. The minimum absolute atomic E-state index is 0.526. The van der Waals surface area contributed by atoms with Crippen LogP contribution < -0.4 is 5.73 Å². The molecule has 3 rings (SSSR count). The van der Waals surface area contributed by atoms with Gasteiger partial charge in [0.25, 0.3) is 0 Å². The van der Waals surface area contributed by atoms with E-state index in [-0.39, 0.29) is 0 Å². The smallest absolute Gasteiger partial charge is 0.00673 e. The Balaban J connectivity index is 1.46. The molecule has 0 aliphatic heterocycles. The first-order valence-corrected chi connectivity index (χ1v) is 8.08. The molecule has 0 aromatic heterocycles. The zero-order valence-electron chi connectivity index (χ0n) is 11.2. The summed E-state index contributed by atoms with van der Waals surface area (Å²) >= 11 is 0. The van der Waals surface area contributed by atoms with Gasteiger partial charge in [-0.25, -0.2) is 0 Å². The molecule has 1 nitrogen and oxygen atoms in total. The van der Waals surface area contributed by atoms with Gasteiger partial charge < -0.3 is 5.73 Å². The number of hydrogen-bond acceptors (Lipinski definition) is 1. The third kappa shape index (κ3) is 3.05. The van der Waals surface area contributed by atoms with E-state index >= 15 is 0 Å². The maximum Gasteiger partial charge on any atom is 0.00673 e. The standard InChI is InChI=1S/C16H29N/c17-16(10-7-12-5-6-12)15-9-8-13-3-1-2-4-14(13)11-15/h12-16H,1-11,17H2. The normalized spacial score (nSPS) is 39.7. The van der Waals surface area contributed by atoms with Crippen LogP contribution in [0.4, 0.5) is 0 Å². The Labute approximate surface area is 107 Å². The molecule has 0 radical (unpaired) electrons. The highest BCUT2D eigenvalue weighted by molar-refractivity contribution is 4.88. The van der Waals surface area contributed by atoms with Crippen molar-refractivity contribution in [3.05, 3.63) is 0 Å². The van der Waals surface area contributed by atoms with Crippen LogP contribution in [0.15, 0.2) is 0 Å². The second-order valence-electron chi connectivity index (χ2n) is 7.06. The average molecular weight is 235 g/mol. The molecule has 0 amide bonds. The summed E-state index contributed by atoms with van der Waals surface area (Å²) in [5, 5.41) is 0. The minimum atomic E-state index is 0.526. The highest BCUT2D eigenvalue weighted by Gasteiger charge is 2.34. The molecule has 4 atom stereocenters. The molecule has 0 saturated heterocycles. The lowest BCUT2D eigenvalue weighted by Gasteiger charge is -2.41. The predicted octanol–water partition coefficient (Wildman–Crippen LogP) is 4.11. The molecule has 1 heteroatoms. The van der Waals surface area contributed by atoms with E-state index in [0.717, 1.165) is 23.7 Å². The SMILES string of the molecule is NC(CCC1CC1)C1CCC2CCCCC2C1. The molecule has 0 spiro atoms. The Hall–Kier alpha value is -0.0400. The Kier molecular flexibility index (Phi) is 3.75. The molecule has 0 bridgehead atoms. The summed E-state index contributed by atoms with van der Waals surface area (Å²) in [5.41, 5.74) is 6.45. The van der Waals surface area contributed by atoms with Gasteiger partial charge in [-0.3, -0.25) is 0 Å². The van der Waals surface area contributed by atoms with Gasteiger partial charge in [-0.2, -0.15) is 0 Å². The van der Waals surface area contributed by atoms with Crippen LogP contribution in [-0.2, 0) is 0 Å². The first kappa shape index (κ1) is 12.0. The fourth-order valence-electron chi connectivity index (χ4n) is 4.37. The van der Waals surface area contributed by atoms with Crippen LogP contribution in [0.3, 0.4) is 0 Å². The van der Waals surface area contributed by atoms with Crippen LogP contribution in [0.25, 0.3) is 0 Å². The lowest BCUT2D eigenvalue weighted by atomic mass is 9.66. The molecule has 3 aliphatic carbocycles. The van der Waals surface area contributed by atoms with Gasteiger partial charge in [-0.1, -0.05) is 38.5 Å². The first-order chi connectivity index (χ1) is 8.33. The van der Waals surface area contributed by atoms with Crippen LogP contribution in [0.5, 0.6) is 0 Å². The van der Waals surface area contributed by atoms with Crippen molar-refractivity contribution in [1.82, 2.24) is 0 Å².